The molecule has 30 heavy (non-hydrogen) atoms. The highest BCUT2D eigenvalue weighted by Crippen LogP contribution is 2.34. The molecule has 0 aliphatic carbocycles. The van der Waals surface area contributed by atoms with E-state index in [1.54, 1.807) is 4.31 Å². The van der Waals surface area contributed by atoms with Crippen molar-refractivity contribution < 1.29 is 28.4 Å². The van der Waals surface area contributed by atoms with E-state index in [1.165, 1.54) is 4.31 Å². The molecule has 3 aliphatic heterocycles. The number of nitrogens with two attached hydrogens (primary N) is 1. The molecule has 3 rings (SSSR count). The van der Waals surface area contributed by atoms with E-state index in [-0.39, 0.29) is 25.5 Å². The summed E-state index contributed by atoms with van der Waals surface area (Å²) in [5.41, 5.74) is 4.51. The minimum Gasteiger partial charge on any atom is -0.480 e. The minimum absolute atomic E-state index is 0.0316. The van der Waals surface area contributed by atoms with E-state index >= 15 is 0 Å². The summed E-state index contributed by atoms with van der Waals surface area (Å²) >= 11 is 1.89. The van der Waals surface area contributed by atoms with E-state index in [1.807, 2.05) is 11.8 Å². The molecule has 3 aliphatic rings. The molecule has 3 saturated heterocycles. The zero-order valence-corrected chi connectivity index (χ0v) is 18.8. The first-order chi connectivity index (χ1) is 14.1. The Kier molecular flexibility index (Phi) is 8.10. The third-order valence-electron chi connectivity index (χ3n) is 6.57. The molecule has 0 aromatic rings. The standard InChI is InChI=1S/C17H33BN4O6S2/c19-17(16(23)24)12-21(11-14(17)2-1-5-18(25)26)30(27,28)22(15-8-20-9-15)10-13-3-6-29-7-4-13/h13-15,20,25-26H,1-12,19H2,(H,23,24)/t14-,17-/m0/s1. The predicted octanol–water partition coefficient (Wildman–Crippen LogP) is -1.38. The fourth-order valence-corrected chi connectivity index (χ4v) is 7.62. The molecule has 0 unspecified atom stereocenters. The van der Waals surface area contributed by atoms with Crippen LogP contribution >= 0.6 is 11.8 Å². The molecule has 0 saturated carbocycles. The van der Waals surface area contributed by atoms with Gasteiger partial charge in [0.25, 0.3) is 10.2 Å². The SMILES string of the molecule is N[C@@]1(C(=O)O)CN(S(=O)(=O)N(CC2CCSCC2)C2CNC2)C[C@@H]1CCCB(O)O. The number of rotatable bonds is 10. The molecule has 0 spiro atoms. The lowest BCUT2D eigenvalue weighted by Gasteiger charge is -2.41. The summed E-state index contributed by atoms with van der Waals surface area (Å²) in [7, 11) is -5.33. The van der Waals surface area contributed by atoms with Gasteiger partial charge >= 0.3 is 13.1 Å². The van der Waals surface area contributed by atoms with Crippen molar-refractivity contribution >= 4 is 35.1 Å². The molecule has 0 amide bonds. The van der Waals surface area contributed by atoms with Gasteiger partial charge in [-0.1, -0.05) is 6.42 Å². The zero-order valence-electron chi connectivity index (χ0n) is 17.1. The molecular formula is C17H33BN4O6S2. The highest BCUT2D eigenvalue weighted by Gasteiger charge is 2.54. The largest absolute Gasteiger partial charge is 0.480 e. The summed E-state index contributed by atoms with van der Waals surface area (Å²) in [6, 6.07) is -0.120. The van der Waals surface area contributed by atoms with Gasteiger partial charge < -0.3 is 26.2 Å². The van der Waals surface area contributed by atoms with Crippen LogP contribution < -0.4 is 11.1 Å². The normalized spacial score (nSPS) is 29.3. The molecule has 0 bridgehead atoms. The molecule has 6 N–H and O–H groups in total. The summed E-state index contributed by atoms with van der Waals surface area (Å²) in [5.74, 6) is 0.573. The van der Waals surface area contributed by atoms with Gasteiger partial charge in [0.1, 0.15) is 5.54 Å². The van der Waals surface area contributed by atoms with Gasteiger partial charge in [-0.15, -0.1) is 0 Å². The Morgan fingerprint density at radius 2 is 1.97 bits per heavy atom. The molecule has 0 aromatic heterocycles. The summed E-state index contributed by atoms with van der Waals surface area (Å²) < 4.78 is 29.9. The maximum atomic E-state index is 13.6. The number of carboxylic acids is 1. The summed E-state index contributed by atoms with van der Waals surface area (Å²) in [6.07, 6.45) is 2.74. The van der Waals surface area contributed by atoms with Crippen LogP contribution in [-0.2, 0) is 15.0 Å². The summed E-state index contributed by atoms with van der Waals surface area (Å²) in [6.45, 7) is 1.41. The van der Waals surface area contributed by atoms with E-state index in [9.17, 15) is 18.3 Å². The topological polar surface area (TPSA) is 156 Å². The highest BCUT2D eigenvalue weighted by atomic mass is 32.2. The van der Waals surface area contributed by atoms with Crippen molar-refractivity contribution in [3.8, 4) is 0 Å². The highest BCUT2D eigenvalue weighted by molar-refractivity contribution is 7.99. The van der Waals surface area contributed by atoms with Crippen LogP contribution in [-0.4, -0.2) is 101 Å². The quantitative estimate of drug-likeness (QED) is 0.246. The Hall–Kier alpha value is -0.405. The predicted molar refractivity (Wildman–Crippen MR) is 116 cm³/mol. The summed E-state index contributed by atoms with van der Waals surface area (Å²) in [5, 5.41) is 31.0. The molecular weight excluding hydrogens is 431 g/mol. The Morgan fingerprint density at radius 3 is 2.50 bits per heavy atom. The molecule has 0 aromatic carbocycles. The fourth-order valence-electron chi connectivity index (χ4n) is 4.45. The van der Waals surface area contributed by atoms with E-state index < -0.39 is 34.8 Å². The molecule has 13 heteroatoms. The van der Waals surface area contributed by atoms with Crippen molar-refractivity contribution in [1.29, 1.82) is 0 Å². The van der Waals surface area contributed by atoms with Crippen LogP contribution in [0, 0.1) is 11.8 Å². The third-order valence-corrected chi connectivity index (χ3v) is 9.59. The summed E-state index contributed by atoms with van der Waals surface area (Å²) in [4.78, 5) is 11.9. The first kappa shape index (κ1) is 24.2. The Labute approximate surface area is 182 Å². The number of aliphatic carboxylic acids is 1. The van der Waals surface area contributed by atoms with Crippen LogP contribution in [0.5, 0.6) is 0 Å². The van der Waals surface area contributed by atoms with Crippen LogP contribution in [0.15, 0.2) is 0 Å². The van der Waals surface area contributed by atoms with Gasteiger partial charge in [-0.2, -0.15) is 28.8 Å². The number of hydrogen-bond donors (Lipinski definition) is 5. The molecule has 3 fully saturated rings. The second-order valence-electron chi connectivity index (χ2n) is 8.69. The first-order valence-electron chi connectivity index (χ1n) is 10.6. The van der Waals surface area contributed by atoms with Crippen molar-refractivity contribution in [3.63, 3.8) is 0 Å². The average Bonchev–Trinajstić information content (AvgIpc) is 2.99. The Balaban J connectivity index is 1.75. The van der Waals surface area contributed by atoms with Crippen molar-refractivity contribution in [3.05, 3.63) is 0 Å². The first-order valence-corrected chi connectivity index (χ1v) is 13.1. The van der Waals surface area contributed by atoms with E-state index in [0.29, 0.717) is 38.4 Å². The van der Waals surface area contributed by atoms with Gasteiger partial charge in [0.05, 0.1) is 6.04 Å². The second kappa shape index (κ2) is 10.0. The fraction of sp³-hybridized carbons (Fsp3) is 0.941. The molecule has 10 nitrogen and oxygen atoms in total. The van der Waals surface area contributed by atoms with Gasteiger partial charge in [-0.3, -0.25) is 4.79 Å². The van der Waals surface area contributed by atoms with E-state index in [0.717, 1.165) is 24.3 Å². The third kappa shape index (κ3) is 5.32. The number of hydrogen-bond acceptors (Lipinski definition) is 8. The number of thioether (sulfide) groups is 1. The number of carbonyl (C=O) groups is 1. The maximum Gasteiger partial charge on any atom is 0.451 e. The smallest absolute Gasteiger partial charge is 0.451 e. The lowest BCUT2D eigenvalue weighted by Crippen LogP contribution is -2.62. The van der Waals surface area contributed by atoms with Crippen LogP contribution in [0.4, 0.5) is 0 Å². The van der Waals surface area contributed by atoms with Gasteiger partial charge in [-0.05, 0) is 43.0 Å². The number of nitrogens with zero attached hydrogens (tertiary/aromatic N) is 2. The van der Waals surface area contributed by atoms with Crippen LogP contribution in [0.1, 0.15) is 25.7 Å². The lowest BCUT2D eigenvalue weighted by atomic mass is 9.78. The molecule has 0 radical (unpaired) electrons. The van der Waals surface area contributed by atoms with Crippen molar-refractivity contribution in [1.82, 2.24) is 13.9 Å². The van der Waals surface area contributed by atoms with Gasteiger partial charge in [0, 0.05) is 38.6 Å². The zero-order chi connectivity index (χ0) is 21.9. The van der Waals surface area contributed by atoms with Crippen LogP contribution in [0.25, 0.3) is 0 Å². The maximum absolute atomic E-state index is 13.6. The average molecular weight is 464 g/mol. The van der Waals surface area contributed by atoms with Crippen molar-refractivity contribution in [2.24, 2.45) is 17.6 Å². The monoisotopic (exact) mass is 464 g/mol. The Morgan fingerprint density at radius 1 is 1.30 bits per heavy atom. The Bertz CT molecular complexity index is 704. The number of carboxylic acid groups (broad SMARTS) is 1. The molecule has 3 heterocycles. The van der Waals surface area contributed by atoms with Gasteiger partial charge in [-0.25, -0.2) is 0 Å². The molecule has 2 atom stereocenters. The molecule has 172 valence electrons. The van der Waals surface area contributed by atoms with E-state index in [2.05, 4.69) is 5.32 Å². The van der Waals surface area contributed by atoms with Gasteiger partial charge in [0.15, 0.2) is 0 Å². The number of nitrogens with one attached hydrogen (secondary N) is 1. The lowest BCUT2D eigenvalue weighted by molar-refractivity contribution is -0.144. The van der Waals surface area contributed by atoms with Crippen LogP contribution in [0.2, 0.25) is 6.32 Å². The van der Waals surface area contributed by atoms with Gasteiger partial charge in [0.2, 0.25) is 0 Å². The second-order valence-corrected chi connectivity index (χ2v) is 11.8. The van der Waals surface area contributed by atoms with Crippen molar-refractivity contribution in [2.75, 3.05) is 44.2 Å². The van der Waals surface area contributed by atoms with E-state index in [4.69, 9.17) is 15.8 Å². The minimum atomic E-state index is -3.86. The van der Waals surface area contributed by atoms with Crippen molar-refractivity contribution in [2.45, 2.75) is 43.6 Å². The van der Waals surface area contributed by atoms with Crippen LogP contribution in [0.3, 0.4) is 0 Å².